The number of rotatable bonds is 5. The van der Waals surface area contributed by atoms with Crippen molar-refractivity contribution < 1.29 is 13.2 Å². The van der Waals surface area contributed by atoms with E-state index in [1.807, 2.05) is 0 Å². The highest BCUT2D eigenvalue weighted by Gasteiger charge is 2.25. The fourth-order valence-electron chi connectivity index (χ4n) is 1.27. The lowest BCUT2D eigenvalue weighted by Crippen LogP contribution is -2.09. The van der Waals surface area contributed by atoms with Gasteiger partial charge in [0.2, 0.25) is 0 Å². The van der Waals surface area contributed by atoms with E-state index < -0.39 is 12.6 Å². The molecule has 3 nitrogen and oxygen atoms in total. The van der Waals surface area contributed by atoms with Crippen molar-refractivity contribution in [2.45, 2.75) is 32.0 Å². The predicted octanol–water partition coefficient (Wildman–Crippen LogP) is 1.73. The van der Waals surface area contributed by atoms with Crippen LogP contribution < -0.4 is 5.73 Å². The van der Waals surface area contributed by atoms with Gasteiger partial charge in [0.15, 0.2) is 0 Å². The number of halogens is 3. The Kier molecular flexibility index (Phi) is 4.14. The molecule has 0 aliphatic rings. The second kappa shape index (κ2) is 5.16. The predicted molar refractivity (Wildman–Crippen MR) is 50.3 cm³/mol. The molecular weight excluding hydrogens is 207 g/mol. The van der Waals surface area contributed by atoms with E-state index in [-0.39, 0.29) is 6.42 Å². The van der Waals surface area contributed by atoms with Crippen LogP contribution in [0.1, 0.15) is 18.4 Å². The molecule has 6 heteroatoms. The van der Waals surface area contributed by atoms with Crippen molar-refractivity contribution in [3.63, 3.8) is 0 Å². The van der Waals surface area contributed by atoms with Crippen molar-refractivity contribution in [2.75, 3.05) is 6.54 Å². The zero-order chi connectivity index (χ0) is 11.3. The van der Waals surface area contributed by atoms with Crippen molar-refractivity contribution in [2.24, 2.45) is 5.73 Å². The number of aryl methyl sites for hydroxylation is 1. The quantitative estimate of drug-likeness (QED) is 0.822. The molecule has 0 spiro atoms. The number of nitrogens with zero attached hydrogens (tertiary/aromatic N) is 2. The lowest BCUT2D eigenvalue weighted by Gasteiger charge is -2.05. The zero-order valence-corrected chi connectivity index (χ0v) is 8.30. The summed E-state index contributed by atoms with van der Waals surface area (Å²) < 4.78 is 37.0. The van der Waals surface area contributed by atoms with Crippen LogP contribution in [0.15, 0.2) is 12.4 Å². The van der Waals surface area contributed by atoms with Gasteiger partial charge in [-0.15, -0.1) is 0 Å². The van der Waals surface area contributed by atoms with Crippen LogP contribution in [0.2, 0.25) is 0 Å². The largest absolute Gasteiger partial charge is 0.389 e. The van der Waals surface area contributed by atoms with E-state index in [2.05, 4.69) is 5.10 Å². The van der Waals surface area contributed by atoms with Gasteiger partial charge in [-0.05, 0) is 24.9 Å². The molecule has 0 amide bonds. The fraction of sp³-hybridized carbons (Fsp3) is 0.667. The summed E-state index contributed by atoms with van der Waals surface area (Å²) in [6, 6.07) is 0. The van der Waals surface area contributed by atoms with Gasteiger partial charge in [-0.25, -0.2) is 0 Å². The van der Waals surface area contributed by atoms with Crippen LogP contribution in [0.25, 0.3) is 0 Å². The summed E-state index contributed by atoms with van der Waals surface area (Å²) in [6.45, 7) is 0.818. The summed E-state index contributed by atoms with van der Waals surface area (Å²) in [5.41, 5.74) is 6.30. The fourth-order valence-corrected chi connectivity index (χ4v) is 1.27. The molecule has 0 bridgehead atoms. The highest BCUT2D eigenvalue weighted by Crippen LogP contribution is 2.21. The van der Waals surface area contributed by atoms with E-state index in [9.17, 15) is 13.2 Å². The van der Waals surface area contributed by atoms with Gasteiger partial charge in [-0.3, -0.25) is 4.68 Å². The molecule has 0 saturated carbocycles. The van der Waals surface area contributed by atoms with Crippen LogP contribution in [0.3, 0.4) is 0 Å². The summed E-state index contributed by atoms with van der Waals surface area (Å²) in [6.07, 6.45) is -0.692. The Morgan fingerprint density at radius 3 is 2.73 bits per heavy atom. The van der Waals surface area contributed by atoms with Crippen molar-refractivity contribution in [3.05, 3.63) is 18.0 Å². The Hall–Kier alpha value is -1.04. The van der Waals surface area contributed by atoms with Crippen LogP contribution in [0, 0.1) is 0 Å². The van der Waals surface area contributed by atoms with E-state index in [4.69, 9.17) is 5.73 Å². The number of hydrogen-bond donors (Lipinski definition) is 1. The molecule has 0 unspecified atom stereocenters. The summed E-state index contributed by atoms with van der Waals surface area (Å²) in [5.74, 6) is 0. The van der Waals surface area contributed by atoms with Crippen molar-refractivity contribution >= 4 is 0 Å². The topological polar surface area (TPSA) is 43.8 Å². The number of aromatic nitrogens is 2. The minimum absolute atomic E-state index is 0.0627. The van der Waals surface area contributed by atoms with Crippen LogP contribution in [-0.4, -0.2) is 22.5 Å². The monoisotopic (exact) mass is 221 g/mol. The van der Waals surface area contributed by atoms with E-state index in [0.717, 1.165) is 5.56 Å². The average Bonchev–Trinajstić information content (AvgIpc) is 2.51. The lowest BCUT2D eigenvalue weighted by molar-refractivity contribution is -0.136. The summed E-state index contributed by atoms with van der Waals surface area (Å²) >= 11 is 0. The molecule has 15 heavy (non-hydrogen) atoms. The molecule has 0 radical (unpaired) electrons. The first kappa shape index (κ1) is 12.0. The summed E-state index contributed by atoms with van der Waals surface area (Å²) in [7, 11) is 0. The first-order chi connectivity index (χ1) is 7.01. The molecule has 0 aliphatic carbocycles. The van der Waals surface area contributed by atoms with Crippen LogP contribution in [-0.2, 0) is 13.0 Å². The molecule has 1 aromatic rings. The van der Waals surface area contributed by atoms with Gasteiger partial charge < -0.3 is 5.73 Å². The Labute approximate surface area is 86.1 Å². The second-order valence-corrected chi connectivity index (χ2v) is 3.37. The number of alkyl halides is 3. The Bertz CT molecular complexity index is 293. The van der Waals surface area contributed by atoms with E-state index >= 15 is 0 Å². The molecule has 0 aliphatic heterocycles. The molecule has 0 fully saturated rings. The number of hydrogen-bond acceptors (Lipinski definition) is 2. The van der Waals surface area contributed by atoms with Gasteiger partial charge in [0.25, 0.3) is 0 Å². The van der Waals surface area contributed by atoms with Crippen molar-refractivity contribution in [1.82, 2.24) is 9.78 Å². The third kappa shape index (κ3) is 4.83. The van der Waals surface area contributed by atoms with Gasteiger partial charge in [0.05, 0.1) is 6.20 Å². The van der Waals surface area contributed by atoms with E-state index in [0.29, 0.717) is 19.5 Å². The SMILES string of the molecule is NCCc1cnn(CCCC(F)(F)F)c1. The molecule has 1 rings (SSSR count). The van der Waals surface area contributed by atoms with Crippen molar-refractivity contribution in [1.29, 1.82) is 0 Å². The summed E-state index contributed by atoms with van der Waals surface area (Å²) in [5, 5.41) is 3.95. The first-order valence-corrected chi connectivity index (χ1v) is 4.79. The van der Waals surface area contributed by atoms with Crippen LogP contribution >= 0.6 is 0 Å². The molecular formula is C9H14F3N3. The van der Waals surface area contributed by atoms with Gasteiger partial charge >= 0.3 is 6.18 Å². The molecule has 1 heterocycles. The molecule has 0 saturated heterocycles. The normalized spacial score (nSPS) is 12.0. The Balaban J connectivity index is 2.31. The molecule has 2 N–H and O–H groups in total. The molecule has 0 aromatic carbocycles. The second-order valence-electron chi connectivity index (χ2n) is 3.37. The maximum Gasteiger partial charge on any atom is 0.389 e. The summed E-state index contributed by atoms with van der Waals surface area (Å²) in [4.78, 5) is 0. The van der Waals surface area contributed by atoms with Gasteiger partial charge in [-0.1, -0.05) is 0 Å². The first-order valence-electron chi connectivity index (χ1n) is 4.79. The minimum atomic E-state index is -4.08. The van der Waals surface area contributed by atoms with Crippen LogP contribution in [0.4, 0.5) is 13.2 Å². The molecule has 1 aromatic heterocycles. The molecule has 0 atom stereocenters. The van der Waals surface area contributed by atoms with Crippen LogP contribution in [0.5, 0.6) is 0 Å². The van der Waals surface area contributed by atoms with Gasteiger partial charge in [-0.2, -0.15) is 18.3 Å². The zero-order valence-electron chi connectivity index (χ0n) is 8.30. The number of nitrogens with two attached hydrogens (primary N) is 1. The van der Waals surface area contributed by atoms with Gasteiger partial charge in [0.1, 0.15) is 0 Å². The maximum atomic E-state index is 11.8. The van der Waals surface area contributed by atoms with Gasteiger partial charge in [0, 0.05) is 19.2 Å². The average molecular weight is 221 g/mol. The Morgan fingerprint density at radius 1 is 1.40 bits per heavy atom. The maximum absolute atomic E-state index is 11.8. The van der Waals surface area contributed by atoms with Crippen molar-refractivity contribution in [3.8, 4) is 0 Å². The smallest absolute Gasteiger partial charge is 0.330 e. The third-order valence-electron chi connectivity index (χ3n) is 1.97. The third-order valence-corrected chi connectivity index (χ3v) is 1.97. The standard InChI is InChI=1S/C9H14F3N3/c10-9(11,12)3-1-5-15-7-8(2-4-13)6-14-15/h6-7H,1-5,13H2. The lowest BCUT2D eigenvalue weighted by atomic mass is 10.2. The Morgan fingerprint density at radius 2 is 2.13 bits per heavy atom. The highest BCUT2D eigenvalue weighted by molar-refractivity contribution is 5.03. The van der Waals surface area contributed by atoms with E-state index in [1.165, 1.54) is 4.68 Å². The van der Waals surface area contributed by atoms with E-state index in [1.54, 1.807) is 12.4 Å². The highest BCUT2D eigenvalue weighted by atomic mass is 19.4. The minimum Gasteiger partial charge on any atom is -0.330 e. The molecule has 86 valence electrons.